The van der Waals surface area contributed by atoms with E-state index in [4.69, 9.17) is 11.2 Å². The SMILES string of the molecule is C=C[PH](Cl)(Cc1ccccc1)[PH](CCCCCCCC)(CCCCCCCC)CCCCCCCC. The van der Waals surface area contributed by atoms with Crippen molar-refractivity contribution in [2.24, 2.45) is 0 Å². The molecule has 1 rings (SSSR count). The number of hydrogen-bond donors (Lipinski definition) is 0. The van der Waals surface area contributed by atoms with Crippen LogP contribution in [0.5, 0.6) is 0 Å². The van der Waals surface area contributed by atoms with Gasteiger partial charge in [0.2, 0.25) is 0 Å². The van der Waals surface area contributed by atoms with Crippen LogP contribution in [-0.2, 0) is 6.16 Å². The van der Waals surface area contributed by atoms with E-state index in [1.54, 1.807) is 0 Å². The molecule has 0 atom stereocenters. The fourth-order valence-corrected chi connectivity index (χ4v) is 24.0. The summed E-state index contributed by atoms with van der Waals surface area (Å²) in [5.74, 6) is 2.35. The van der Waals surface area contributed by atoms with Gasteiger partial charge >= 0.3 is 234 Å². The molecule has 0 amide bonds. The molecule has 1 aromatic rings. The second-order valence-corrected chi connectivity index (χ2v) is 26.9. The topological polar surface area (TPSA) is 0 Å². The zero-order chi connectivity index (χ0) is 26.4. The Balaban J connectivity index is 3.04. The van der Waals surface area contributed by atoms with Crippen LogP contribution in [0, 0.1) is 0 Å². The van der Waals surface area contributed by atoms with Crippen LogP contribution in [0.25, 0.3) is 0 Å². The molecule has 0 heterocycles. The van der Waals surface area contributed by atoms with Gasteiger partial charge in [-0.15, -0.1) is 0 Å². The van der Waals surface area contributed by atoms with Crippen LogP contribution >= 0.6 is 24.5 Å². The average molecular weight is 557 g/mol. The molecule has 0 aromatic heterocycles. The second-order valence-electron chi connectivity index (χ2n) is 11.6. The van der Waals surface area contributed by atoms with Crippen LogP contribution in [0.1, 0.15) is 142 Å². The van der Waals surface area contributed by atoms with Crippen LogP contribution in [0.2, 0.25) is 0 Å². The number of halogens is 1. The molecule has 0 spiro atoms. The van der Waals surface area contributed by atoms with Crippen LogP contribution in [0.3, 0.4) is 0 Å². The summed E-state index contributed by atoms with van der Waals surface area (Å²) in [6, 6.07) is 11.2. The number of benzene rings is 1. The number of hydrogen-bond acceptors (Lipinski definition) is 0. The Morgan fingerprint density at radius 2 is 0.944 bits per heavy atom. The Kier molecular flexibility index (Phi) is 20.8. The van der Waals surface area contributed by atoms with Crippen molar-refractivity contribution < 1.29 is 0 Å². The third-order valence-electron chi connectivity index (χ3n) is 8.54. The van der Waals surface area contributed by atoms with E-state index in [0.29, 0.717) is 0 Å². The molecule has 36 heavy (non-hydrogen) atoms. The van der Waals surface area contributed by atoms with Gasteiger partial charge < -0.3 is 0 Å². The van der Waals surface area contributed by atoms with Gasteiger partial charge in [0.05, 0.1) is 0 Å². The zero-order valence-corrected chi connectivity index (χ0v) is 27.4. The molecule has 0 aliphatic heterocycles. The van der Waals surface area contributed by atoms with Gasteiger partial charge in [-0.05, 0) is 0 Å². The van der Waals surface area contributed by atoms with Gasteiger partial charge in [0.15, 0.2) is 0 Å². The predicted octanol–water partition coefficient (Wildman–Crippen LogP) is 13.0. The molecule has 0 N–H and O–H groups in total. The summed E-state index contributed by atoms with van der Waals surface area (Å²) in [5, 5.41) is 0. The zero-order valence-electron chi connectivity index (χ0n) is 24.6. The molecule has 0 saturated heterocycles. The summed E-state index contributed by atoms with van der Waals surface area (Å²) in [5.41, 5.74) is 1.45. The van der Waals surface area contributed by atoms with Gasteiger partial charge in [-0.3, -0.25) is 0 Å². The molecule has 0 saturated carbocycles. The summed E-state index contributed by atoms with van der Waals surface area (Å²) in [4.78, 5) is 0. The molecule has 1 aromatic carbocycles. The van der Waals surface area contributed by atoms with Gasteiger partial charge in [0.25, 0.3) is 0 Å². The maximum atomic E-state index is 7.95. The van der Waals surface area contributed by atoms with E-state index in [0.717, 1.165) is 6.16 Å². The van der Waals surface area contributed by atoms with E-state index < -0.39 is 13.3 Å². The summed E-state index contributed by atoms with van der Waals surface area (Å²) < 4.78 is 0. The number of unbranched alkanes of at least 4 members (excludes halogenated alkanes) is 15. The van der Waals surface area contributed by atoms with E-state index in [-0.39, 0.29) is 0 Å². The molecule has 3 heteroatoms. The third-order valence-corrected chi connectivity index (χ3v) is 29.0. The fourth-order valence-electron chi connectivity index (χ4n) is 6.10. The van der Waals surface area contributed by atoms with E-state index in [9.17, 15) is 0 Å². The van der Waals surface area contributed by atoms with E-state index in [2.05, 4.69) is 63.5 Å². The summed E-state index contributed by atoms with van der Waals surface area (Å²) >= 11 is 7.95. The van der Waals surface area contributed by atoms with Crippen molar-refractivity contribution in [3.63, 3.8) is 0 Å². The molecule has 0 fully saturated rings. The van der Waals surface area contributed by atoms with Crippen molar-refractivity contribution in [1.29, 1.82) is 0 Å². The Morgan fingerprint density at radius 3 is 1.31 bits per heavy atom. The first kappa shape index (κ1) is 34.1. The van der Waals surface area contributed by atoms with E-state index in [1.165, 1.54) is 140 Å². The van der Waals surface area contributed by atoms with Gasteiger partial charge in [-0.2, -0.15) is 0 Å². The van der Waals surface area contributed by atoms with Crippen molar-refractivity contribution in [2.75, 3.05) is 18.5 Å². The first-order valence-electron chi connectivity index (χ1n) is 15.9. The van der Waals surface area contributed by atoms with Crippen molar-refractivity contribution in [3.8, 4) is 0 Å². The maximum absolute atomic E-state index is 7.95. The molecular weight excluding hydrogens is 494 g/mol. The Bertz CT molecular complexity index is 591. The van der Waals surface area contributed by atoms with Gasteiger partial charge in [0.1, 0.15) is 0 Å². The van der Waals surface area contributed by atoms with E-state index in [1.807, 2.05) is 0 Å². The predicted molar refractivity (Wildman–Crippen MR) is 178 cm³/mol. The summed E-state index contributed by atoms with van der Waals surface area (Å²) in [7, 11) is 0. The first-order valence-corrected chi connectivity index (χ1v) is 22.9. The molecule has 0 unspecified atom stereocenters. The quantitative estimate of drug-likeness (QED) is 0.0829. The molecule has 0 radical (unpaired) electrons. The Labute approximate surface area is 233 Å². The molecule has 212 valence electrons. The first-order chi connectivity index (χ1) is 17.6. The molecule has 0 bridgehead atoms. The Hall–Kier alpha value is 0.110. The average Bonchev–Trinajstić information content (AvgIpc) is 2.90. The van der Waals surface area contributed by atoms with Crippen LogP contribution in [-0.4, -0.2) is 18.5 Å². The summed E-state index contributed by atoms with van der Waals surface area (Å²) in [6.45, 7) is 9.77. The second kappa shape index (κ2) is 22.0. The molecule has 0 aliphatic rings. The number of rotatable bonds is 25. The standard InChI is InChI=1S/C33H63ClP2/c1-5-9-12-15-18-24-29-35(30-25-19-16-13-10-6-2,31-26-20-17-14-11-7-3)36(34,8-4)32-33-27-22-21-23-28-33/h8,21-23,27-28,35-36H,4-7,9-20,24-26,29-32H2,1-3H3. The minimum atomic E-state index is -2.10. The fraction of sp³-hybridized carbons (Fsp3) is 0.758. The summed E-state index contributed by atoms with van der Waals surface area (Å²) in [6.07, 6.45) is 28.5. The molecule has 0 aliphatic carbocycles. The Morgan fingerprint density at radius 1 is 0.583 bits per heavy atom. The van der Waals surface area contributed by atoms with Crippen molar-refractivity contribution >= 4 is 24.5 Å². The van der Waals surface area contributed by atoms with Gasteiger partial charge in [0, 0.05) is 0 Å². The molecule has 0 nitrogen and oxygen atoms in total. The van der Waals surface area contributed by atoms with Crippen molar-refractivity contribution in [2.45, 2.75) is 143 Å². The van der Waals surface area contributed by atoms with Crippen LogP contribution in [0.15, 0.2) is 42.7 Å². The van der Waals surface area contributed by atoms with Crippen molar-refractivity contribution in [1.82, 2.24) is 0 Å². The van der Waals surface area contributed by atoms with Crippen molar-refractivity contribution in [3.05, 3.63) is 48.3 Å². The van der Waals surface area contributed by atoms with Crippen LogP contribution in [0.4, 0.5) is 0 Å². The monoisotopic (exact) mass is 556 g/mol. The third kappa shape index (κ3) is 13.8. The van der Waals surface area contributed by atoms with Crippen LogP contribution < -0.4 is 0 Å². The normalized spacial score (nSPS) is 13.1. The minimum absolute atomic E-state index is 1.10. The van der Waals surface area contributed by atoms with Gasteiger partial charge in [-0.1, -0.05) is 0 Å². The van der Waals surface area contributed by atoms with E-state index >= 15 is 0 Å². The molecular formula is C33H63ClP2. The van der Waals surface area contributed by atoms with Gasteiger partial charge in [-0.25, -0.2) is 0 Å².